The van der Waals surface area contributed by atoms with Crippen LogP contribution in [0, 0.1) is 6.92 Å². The van der Waals surface area contributed by atoms with Gasteiger partial charge in [-0.2, -0.15) is 0 Å². The molecule has 0 aliphatic heterocycles. The molecular formula is C18H16N2O2S2. The molecule has 0 fully saturated rings. The van der Waals surface area contributed by atoms with Gasteiger partial charge in [-0.25, -0.2) is 4.98 Å². The van der Waals surface area contributed by atoms with Crippen molar-refractivity contribution in [2.45, 2.75) is 11.8 Å². The van der Waals surface area contributed by atoms with Gasteiger partial charge in [0.05, 0.1) is 10.7 Å². The van der Waals surface area contributed by atoms with Crippen LogP contribution in [0.5, 0.6) is 0 Å². The maximum atomic E-state index is 12.3. The third-order valence-electron chi connectivity index (χ3n) is 3.51. The first-order chi connectivity index (χ1) is 11.5. The van der Waals surface area contributed by atoms with E-state index in [0.29, 0.717) is 10.5 Å². The van der Waals surface area contributed by atoms with Gasteiger partial charge in [-0.05, 0) is 43.3 Å². The van der Waals surface area contributed by atoms with E-state index in [0.717, 1.165) is 22.0 Å². The number of aromatic nitrogens is 1. The molecule has 0 radical (unpaired) electrons. The predicted octanol–water partition coefficient (Wildman–Crippen LogP) is 4.11. The Morgan fingerprint density at radius 1 is 1.08 bits per heavy atom. The van der Waals surface area contributed by atoms with Gasteiger partial charge in [-0.1, -0.05) is 12.1 Å². The Morgan fingerprint density at radius 2 is 1.75 bits per heavy atom. The van der Waals surface area contributed by atoms with E-state index in [2.05, 4.69) is 10.3 Å². The lowest BCUT2D eigenvalue weighted by molar-refractivity contribution is 0.102. The van der Waals surface area contributed by atoms with Crippen molar-refractivity contribution in [1.29, 1.82) is 0 Å². The highest BCUT2D eigenvalue weighted by molar-refractivity contribution is 7.84. The molecule has 4 nitrogen and oxygen atoms in total. The Bertz CT molecular complexity index is 884. The molecule has 1 unspecified atom stereocenters. The number of hydrogen-bond acceptors (Lipinski definition) is 4. The number of rotatable bonds is 4. The van der Waals surface area contributed by atoms with Gasteiger partial charge < -0.3 is 5.32 Å². The highest BCUT2D eigenvalue weighted by Gasteiger charge is 2.08. The Labute approximate surface area is 147 Å². The monoisotopic (exact) mass is 356 g/mol. The summed E-state index contributed by atoms with van der Waals surface area (Å²) in [6.07, 6.45) is 1.61. The largest absolute Gasteiger partial charge is 0.322 e. The average Bonchev–Trinajstić information content (AvgIpc) is 3.02. The second-order valence-electron chi connectivity index (χ2n) is 5.26. The molecular weight excluding hydrogens is 340 g/mol. The van der Waals surface area contributed by atoms with Crippen LogP contribution in [0.25, 0.3) is 11.3 Å². The molecule has 0 saturated carbocycles. The summed E-state index contributed by atoms with van der Waals surface area (Å²) in [6.45, 7) is 1.97. The number of aryl methyl sites for hydroxylation is 1. The van der Waals surface area contributed by atoms with E-state index in [1.54, 1.807) is 41.9 Å². The van der Waals surface area contributed by atoms with Gasteiger partial charge in [-0.3, -0.25) is 9.00 Å². The van der Waals surface area contributed by atoms with Crippen molar-refractivity contribution >= 4 is 33.7 Å². The normalized spacial score (nSPS) is 11.9. The summed E-state index contributed by atoms with van der Waals surface area (Å²) in [5.41, 5.74) is 3.22. The molecule has 3 aromatic rings. The van der Waals surface area contributed by atoms with Gasteiger partial charge in [-0.15, -0.1) is 11.3 Å². The summed E-state index contributed by atoms with van der Waals surface area (Å²) < 4.78 is 11.4. The highest BCUT2D eigenvalue weighted by atomic mass is 32.2. The van der Waals surface area contributed by atoms with E-state index in [-0.39, 0.29) is 5.91 Å². The van der Waals surface area contributed by atoms with Crippen LogP contribution >= 0.6 is 11.3 Å². The summed E-state index contributed by atoms with van der Waals surface area (Å²) in [7, 11) is -1.04. The number of carbonyl (C=O) groups is 1. The van der Waals surface area contributed by atoms with Crippen LogP contribution in [-0.4, -0.2) is 21.4 Å². The first kappa shape index (κ1) is 16.5. The SMILES string of the molecule is Cc1nc(-c2ccc(NC(=O)c3ccc(S(C)=O)cc3)cc2)cs1. The van der Waals surface area contributed by atoms with Crippen molar-refractivity contribution in [2.24, 2.45) is 0 Å². The maximum Gasteiger partial charge on any atom is 0.255 e. The Morgan fingerprint density at radius 3 is 2.29 bits per heavy atom. The molecule has 122 valence electrons. The zero-order chi connectivity index (χ0) is 17.1. The first-order valence-corrected chi connectivity index (χ1v) is 9.74. The molecule has 1 amide bonds. The van der Waals surface area contributed by atoms with Crippen molar-refractivity contribution < 1.29 is 9.00 Å². The molecule has 6 heteroatoms. The van der Waals surface area contributed by atoms with Crippen molar-refractivity contribution in [3.05, 3.63) is 64.5 Å². The number of nitrogens with one attached hydrogen (secondary N) is 1. The Hall–Kier alpha value is -2.31. The second-order valence-corrected chi connectivity index (χ2v) is 7.70. The number of thiazole rings is 1. The lowest BCUT2D eigenvalue weighted by Gasteiger charge is -2.06. The van der Waals surface area contributed by atoms with Crippen LogP contribution in [0.2, 0.25) is 0 Å². The molecule has 3 rings (SSSR count). The summed E-state index contributed by atoms with van der Waals surface area (Å²) in [5, 5.41) is 5.90. The zero-order valence-corrected chi connectivity index (χ0v) is 14.9. The minimum absolute atomic E-state index is 0.194. The topological polar surface area (TPSA) is 59.1 Å². The molecule has 1 aromatic heterocycles. The molecule has 1 N–H and O–H groups in total. The minimum atomic E-state index is -1.04. The number of amides is 1. The second kappa shape index (κ2) is 7.07. The van der Waals surface area contributed by atoms with E-state index in [1.165, 1.54) is 0 Å². The van der Waals surface area contributed by atoms with Gasteiger partial charge >= 0.3 is 0 Å². The number of anilines is 1. The number of nitrogens with zero attached hydrogens (tertiary/aromatic N) is 1. The van der Waals surface area contributed by atoms with Crippen LogP contribution in [-0.2, 0) is 10.8 Å². The third kappa shape index (κ3) is 3.77. The fourth-order valence-corrected chi connectivity index (χ4v) is 3.36. The fraction of sp³-hybridized carbons (Fsp3) is 0.111. The molecule has 0 saturated heterocycles. The van der Waals surface area contributed by atoms with Crippen LogP contribution < -0.4 is 5.32 Å². The minimum Gasteiger partial charge on any atom is -0.322 e. The molecule has 0 spiro atoms. The Balaban J connectivity index is 1.71. The van der Waals surface area contributed by atoms with E-state index in [9.17, 15) is 9.00 Å². The van der Waals surface area contributed by atoms with Gasteiger partial charge in [0.2, 0.25) is 0 Å². The Kier molecular flexibility index (Phi) is 4.87. The molecule has 1 atom stereocenters. The van der Waals surface area contributed by atoms with E-state index >= 15 is 0 Å². The molecule has 1 heterocycles. The van der Waals surface area contributed by atoms with Crippen LogP contribution in [0.4, 0.5) is 5.69 Å². The first-order valence-electron chi connectivity index (χ1n) is 7.30. The number of carbonyl (C=O) groups excluding carboxylic acids is 1. The van der Waals surface area contributed by atoms with Crippen molar-refractivity contribution in [3.8, 4) is 11.3 Å². The van der Waals surface area contributed by atoms with Gasteiger partial charge in [0.15, 0.2) is 0 Å². The van der Waals surface area contributed by atoms with Crippen molar-refractivity contribution in [2.75, 3.05) is 11.6 Å². The van der Waals surface area contributed by atoms with Crippen LogP contribution in [0.3, 0.4) is 0 Å². The highest BCUT2D eigenvalue weighted by Crippen LogP contribution is 2.23. The summed E-state index contributed by atoms with van der Waals surface area (Å²) in [4.78, 5) is 17.4. The van der Waals surface area contributed by atoms with Gasteiger partial charge in [0.25, 0.3) is 5.91 Å². The lowest BCUT2D eigenvalue weighted by Crippen LogP contribution is -2.11. The summed E-state index contributed by atoms with van der Waals surface area (Å²) in [6, 6.07) is 14.4. The third-order valence-corrected chi connectivity index (χ3v) is 5.22. The van der Waals surface area contributed by atoms with E-state index < -0.39 is 10.8 Å². The van der Waals surface area contributed by atoms with Crippen LogP contribution in [0.15, 0.2) is 58.8 Å². The quantitative estimate of drug-likeness (QED) is 0.765. The molecule has 24 heavy (non-hydrogen) atoms. The van der Waals surface area contributed by atoms with E-state index in [4.69, 9.17) is 0 Å². The summed E-state index contributed by atoms with van der Waals surface area (Å²) >= 11 is 1.61. The van der Waals surface area contributed by atoms with Crippen molar-refractivity contribution in [3.63, 3.8) is 0 Å². The molecule has 0 aliphatic carbocycles. The van der Waals surface area contributed by atoms with Crippen molar-refractivity contribution in [1.82, 2.24) is 4.98 Å². The fourth-order valence-electron chi connectivity index (χ4n) is 2.22. The number of hydrogen-bond donors (Lipinski definition) is 1. The zero-order valence-electron chi connectivity index (χ0n) is 13.3. The average molecular weight is 356 g/mol. The molecule has 2 aromatic carbocycles. The maximum absolute atomic E-state index is 12.3. The van der Waals surface area contributed by atoms with E-state index in [1.807, 2.05) is 36.6 Å². The van der Waals surface area contributed by atoms with Gasteiger partial charge in [0, 0.05) is 44.1 Å². The van der Waals surface area contributed by atoms with Crippen LogP contribution in [0.1, 0.15) is 15.4 Å². The van der Waals surface area contributed by atoms with Gasteiger partial charge in [0.1, 0.15) is 0 Å². The standard InChI is InChI=1S/C18H16N2O2S2/c1-12-19-17(11-23-12)13-3-7-15(8-4-13)20-18(21)14-5-9-16(10-6-14)24(2)22/h3-11H,1-2H3,(H,20,21). The molecule has 0 aliphatic rings. The smallest absolute Gasteiger partial charge is 0.255 e. The lowest BCUT2D eigenvalue weighted by atomic mass is 10.1. The number of benzene rings is 2. The summed E-state index contributed by atoms with van der Waals surface area (Å²) in [5.74, 6) is -0.194. The molecule has 0 bridgehead atoms. The predicted molar refractivity (Wildman–Crippen MR) is 99.0 cm³/mol.